The fraction of sp³-hybridized carbons (Fsp3) is 0.333. The predicted molar refractivity (Wildman–Crippen MR) is 57.5 cm³/mol. The molecule has 0 bridgehead atoms. The van der Waals surface area contributed by atoms with Crippen molar-refractivity contribution < 1.29 is 13.2 Å². The van der Waals surface area contributed by atoms with Crippen LogP contribution in [0.3, 0.4) is 0 Å². The Kier molecular flexibility index (Phi) is 4.55. The molecule has 0 aromatic heterocycles. The summed E-state index contributed by atoms with van der Waals surface area (Å²) >= 11 is 0. The van der Waals surface area contributed by atoms with Crippen molar-refractivity contribution >= 4 is 0 Å². The van der Waals surface area contributed by atoms with Crippen LogP contribution in [0.2, 0.25) is 0 Å². The molecular formula is C12H14F3N. The molecule has 1 rings (SSSR count). The van der Waals surface area contributed by atoms with Crippen molar-refractivity contribution in [3.05, 3.63) is 47.8 Å². The first kappa shape index (κ1) is 12.8. The molecule has 1 unspecified atom stereocenters. The predicted octanol–water partition coefficient (Wildman–Crippen LogP) is 3.33. The minimum Gasteiger partial charge on any atom is -0.310 e. The third-order valence-electron chi connectivity index (χ3n) is 2.26. The van der Waals surface area contributed by atoms with Crippen LogP contribution in [-0.4, -0.2) is 6.54 Å². The molecule has 0 radical (unpaired) electrons. The van der Waals surface area contributed by atoms with Crippen LogP contribution < -0.4 is 5.32 Å². The second-order valence-corrected chi connectivity index (χ2v) is 3.43. The smallest absolute Gasteiger partial charge is 0.194 e. The number of benzene rings is 1. The van der Waals surface area contributed by atoms with E-state index in [9.17, 15) is 13.2 Å². The molecular weight excluding hydrogens is 215 g/mol. The Morgan fingerprint density at radius 1 is 1.31 bits per heavy atom. The first-order chi connectivity index (χ1) is 7.60. The van der Waals surface area contributed by atoms with Crippen LogP contribution in [0.15, 0.2) is 24.8 Å². The molecule has 1 aromatic carbocycles. The van der Waals surface area contributed by atoms with E-state index in [2.05, 4.69) is 11.9 Å². The highest BCUT2D eigenvalue weighted by molar-refractivity contribution is 5.23. The Bertz CT molecular complexity index is 354. The monoisotopic (exact) mass is 229 g/mol. The molecule has 1 aromatic rings. The first-order valence-electron chi connectivity index (χ1n) is 5.08. The molecule has 1 nitrogen and oxygen atoms in total. The van der Waals surface area contributed by atoms with Gasteiger partial charge in [0.2, 0.25) is 0 Å². The van der Waals surface area contributed by atoms with E-state index in [1.165, 1.54) is 0 Å². The summed E-state index contributed by atoms with van der Waals surface area (Å²) in [5.74, 6) is -3.76. The molecule has 0 amide bonds. The third kappa shape index (κ3) is 2.85. The van der Waals surface area contributed by atoms with E-state index >= 15 is 0 Å². The SMILES string of the molecule is C=CCC(NCC)c1cc(F)c(F)c(F)c1. The summed E-state index contributed by atoms with van der Waals surface area (Å²) in [6.07, 6.45) is 2.17. The Morgan fingerprint density at radius 2 is 1.88 bits per heavy atom. The summed E-state index contributed by atoms with van der Waals surface area (Å²) in [5.41, 5.74) is 0.387. The molecule has 0 aliphatic rings. The Balaban J connectivity index is 3.04. The summed E-state index contributed by atoms with van der Waals surface area (Å²) in [4.78, 5) is 0. The van der Waals surface area contributed by atoms with Gasteiger partial charge in [0, 0.05) is 6.04 Å². The zero-order valence-corrected chi connectivity index (χ0v) is 9.06. The van der Waals surface area contributed by atoms with Gasteiger partial charge < -0.3 is 5.32 Å². The molecule has 16 heavy (non-hydrogen) atoms. The van der Waals surface area contributed by atoms with Crippen LogP contribution in [0, 0.1) is 17.5 Å². The molecule has 0 spiro atoms. The normalized spacial score (nSPS) is 12.5. The number of hydrogen-bond donors (Lipinski definition) is 1. The average molecular weight is 229 g/mol. The summed E-state index contributed by atoms with van der Waals surface area (Å²) in [6.45, 7) is 6.10. The Morgan fingerprint density at radius 3 is 2.31 bits per heavy atom. The van der Waals surface area contributed by atoms with E-state index in [0.717, 1.165) is 12.1 Å². The van der Waals surface area contributed by atoms with E-state index < -0.39 is 17.5 Å². The zero-order chi connectivity index (χ0) is 12.1. The van der Waals surface area contributed by atoms with Crippen molar-refractivity contribution in [1.29, 1.82) is 0 Å². The van der Waals surface area contributed by atoms with Gasteiger partial charge in [-0.2, -0.15) is 0 Å². The topological polar surface area (TPSA) is 12.0 Å². The van der Waals surface area contributed by atoms with Crippen LogP contribution >= 0.6 is 0 Å². The lowest BCUT2D eigenvalue weighted by atomic mass is 10.0. The number of rotatable bonds is 5. The highest BCUT2D eigenvalue weighted by Gasteiger charge is 2.15. The lowest BCUT2D eigenvalue weighted by molar-refractivity contribution is 0.440. The van der Waals surface area contributed by atoms with Crippen LogP contribution in [-0.2, 0) is 0 Å². The Labute approximate surface area is 93.0 Å². The van der Waals surface area contributed by atoms with Gasteiger partial charge in [0.1, 0.15) is 0 Å². The van der Waals surface area contributed by atoms with Crippen molar-refractivity contribution in [1.82, 2.24) is 5.32 Å². The van der Waals surface area contributed by atoms with Gasteiger partial charge in [0.25, 0.3) is 0 Å². The molecule has 4 heteroatoms. The molecule has 0 fully saturated rings. The van der Waals surface area contributed by atoms with E-state index in [-0.39, 0.29) is 6.04 Å². The fourth-order valence-electron chi connectivity index (χ4n) is 1.53. The lowest BCUT2D eigenvalue weighted by Gasteiger charge is -2.16. The van der Waals surface area contributed by atoms with Crippen LogP contribution in [0.1, 0.15) is 24.9 Å². The van der Waals surface area contributed by atoms with Crippen molar-refractivity contribution in [3.63, 3.8) is 0 Å². The van der Waals surface area contributed by atoms with Crippen molar-refractivity contribution in [2.45, 2.75) is 19.4 Å². The number of halogens is 3. The maximum absolute atomic E-state index is 13.0. The molecule has 0 aliphatic heterocycles. The number of hydrogen-bond acceptors (Lipinski definition) is 1. The van der Waals surface area contributed by atoms with E-state index in [1.807, 2.05) is 6.92 Å². The Hall–Kier alpha value is -1.29. The van der Waals surface area contributed by atoms with Crippen molar-refractivity contribution in [2.75, 3.05) is 6.54 Å². The largest absolute Gasteiger partial charge is 0.310 e. The van der Waals surface area contributed by atoms with Gasteiger partial charge in [0.15, 0.2) is 17.5 Å². The molecule has 0 saturated carbocycles. The van der Waals surface area contributed by atoms with Gasteiger partial charge in [-0.3, -0.25) is 0 Å². The van der Waals surface area contributed by atoms with Crippen LogP contribution in [0.4, 0.5) is 13.2 Å². The van der Waals surface area contributed by atoms with Gasteiger partial charge in [-0.15, -0.1) is 6.58 Å². The molecule has 0 saturated heterocycles. The zero-order valence-electron chi connectivity index (χ0n) is 9.06. The van der Waals surface area contributed by atoms with Crippen molar-refractivity contribution in [3.8, 4) is 0 Å². The minimum atomic E-state index is -1.43. The highest BCUT2D eigenvalue weighted by Crippen LogP contribution is 2.21. The van der Waals surface area contributed by atoms with Gasteiger partial charge in [-0.25, -0.2) is 13.2 Å². The number of nitrogens with one attached hydrogen (secondary N) is 1. The quantitative estimate of drug-likeness (QED) is 0.603. The summed E-state index contributed by atoms with van der Waals surface area (Å²) in [6, 6.07) is 1.77. The van der Waals surface area contributed by atoms with Gasteiger partial charge in [-0.05, 0) is 30.7 Å². The highest BCUT2D eigenvalue weighted by atomic mass is 19.2. The summed E-state index contributed by atoms with van der Waals surface area (Å²) < 4.78 is 38.8. The maximum atomic E-state index is 13.0. The molecule has 0 heterocycles. The summed E-state index contributed by atoms with van der Waals surface area (Å²) in [5, 5.41) is 3.05. The molecule has 0 aliphatic carbocycles. The lowest BCUT2D eigenvalue weighted by Crippen LogP contribution is -2.20. The van der Waals surface area contributed by atoms with Gasteiger partial charge in [-0.1, -0.05) is 13.0 Å². The van der Waals surface area contributed by atoms with Crippen LogP contribution in [0.25, 0.3) is 0 Å². The minimum absolute atomic E-state index is 0.243. The van der Waals surface area contributed by atoms with Gasteiger partial charge in [0.05, 0.1) is 0 Å². The molecule has 1 atom stereocenters. The first-order valence-corrected chi connectivity index (χ1v) is 5.08. The molecule has 1 N–H and O–H groups in total. The van der Waals surface area contributed by atoms with Crippen molar-refractivity contribution in [2.24, 2.45) is 0 Å². The standard InChI is InChI=1S/C12H14F3N/c1-3-5-11(16-4-2)8-6-9(13)12(15)10(14)7-8/h3,6-7,11,16H,1,4-5H2,2H3. The van der Waals surface area contributed by atoms with E-state index in [1.54, 1.807) is 6.08 Å². The van der Waals surface area contributed by atoms with E-state index in [4.69, 9.17) is 0 Å². The van der Waals surface area contributed by atoms with Gasteiger partial charge >= 0.3 is 0 Å². The third-order valence-corrected chi connectivity index (χ3v) is 2.26. The summed E-state index contributed by atoms with van der Waals surface area (Å²) in [7, 11) is 0. The average Bonchev–Trinajstić information content (AvgIpc) is 2.25. The van der Waals surface area contributed by atoms with E-state index in [0.29, 0.717) is 18.5 Å². The van der Waals surface area contributed by atoms with Crippen LogP contribution in [0.5, 0.6) is 0 Å². The fourth-order valence-corrected chi connectivity index (χ4v) is 1.53. The second kappa shape index (κ2) is 5.70. The maximum Gasteiger partial charge on any atom is 0.194 e. The second-order valence-electron chi connectivity index (χ2n) is 3.43. The molecule has 88 valence electrons.